The fraction of sp³-hybridized carbons (Fsp3) is 0.316. The van der Waals surface area contributed by atoms with Crippen molar-refractivity contribution >= 4 is 35.6 Å². The van der Waals surface area contributed by atoms with Crippen LogP contribution in [-0.4, -0.2) is 19.6 Å². The van der Waals surface area contributed by atoms with E-state index in [0.717, 1.165) is 16.8 Å². The van der Waals surface area contributed by atoms with Crippen molar-refractivity contribution in [1.82, 2.24) is 0 Å². The predicted octanol–water partition coefficient (Wildman–Crippen LogP) is 4.29. The average Bonchev–Trinajstić information content (AvgIpc) is 2.55. The van der Waals surface area contributed by atoms with Crippen molar-refractivity contribution < 1.29 is 9.13 Å². The summed E-state index contributed by atoms with van der Waals surface area (Å²) in [4.78, 5) is 4.42. The monoisotopic (exact) mass is 457 g/mol. The molecule has 0 heterocycles. The van der Waals surface area contributed by atoms with Gasteiger partial charge in [0.25, 0.3) is 0 Å². The lowest BCUT2D eigenvalue weighted by atomic mass is 9.85. The Balaban J connectivity index is 0.00000312. The number of anilines is 1. The summed E-state index contributed by atoms with van der Waals surface area (Å²) in [6, 6.07) is 14.3. The van der Waals surface area contributed by atoms with Gasteiger partial charge >= 0.3 is 0 Å². The number of ether oxygens (including phenoxy) is 1. The zero-order chi connectivity index (χ0) is 17.6. The summed E-state index contributed by atoms with van der Waals surface area (Å²) < 4.78 is 18.6. The van der Waals surface area contributed by atoms with Crippen molar-refractivity contribution in [3.8, 4) is 0 Å². The normalized spacial score (nSPS) is 11.8. The molecular weight excluding hydrogens is 432 g/mol. The molecule has 25 heavy (non-hydrogen) atoms. The molecule has 0 unspecified atom stereocenters. The van der Waals surface area contributed by atoms with Gasteiger partial charge in [-0.05, 0) is 23.8 Å². The van der Waals surface area contributed by atoms with E-state index < -0.39 is 0 Å². The third-order valence-corrected chi connectivity index (χ3v) is 3.83. The predicted molar refractivity (Wildman–Crippen MR) is 112 cm³/mol. The van der Waals surface area contributed by atoms with E-state index in [1.807, 2.05) is 44.2 Å². The van der Waals surface area contributed by atoms with Crippen LogP contribution in [0.25, 0.3) is 0 Å². The first-order chi connectivity index (χ1) is 11.4. The number of nitrogens with zero attached hydrogens (tertiary/aromatic N) is 1. The molecule has 0 fully saturated rings. The van der Waals surface area contributed by atoms with Crippen LogP contribution in [0.1, 0.15) is 25.0 Å². The number of halogens is 2. The minimum absolute atomic E-state index is 0. The summed E-state index contributed by atoms with van der Waals surface area (Å²) in [6.07, 6.45) is 0. The highest BCUT2D eigenvalue weighted by molar-refractivity contribution is 14.0. The molecule has 0 aliphatic heterocycles. The molecule has 136 valence electrons. The molecule has 2 aromatic rings. The van der Waals surface area contributed by atoms with Crippen molar-refractivity contribution in [2.45, 2.75) is 25.9 Å². The minimum atomic E-state index is -0.319. The van der Waals surface area contributed by atoms with Gasteiger partial charge < -0.3 is 15.8 Å². The van der Waals surface area contributed by atoms with Crippen LogP contribution in [0.15, 0.2) is 53.5 Å². The van der Waals surface area contributed by atoms with Crippen LogP contribution in [0.5, 0.6) is 0 Å². The van der Waals surface area contributed by atoms with Gasteiger partial charge in [0.2, 0.25) is 0 Å². The molecule has 2 aromatic carbocycles. The zero-order valence-corrected chi connectivity index (χ0v) is 17.1. The number of hydrogen-bond acceptors (Lipinski definition) is 2. The Bertz CT molecular complexity index is 719. The standard InChI is InChI=1S/C19H24FN3O.HI/c1-19(2,15-8-6-9-16(20)11-15)13-22-18(21)23-17-10-5-4-7-14(17)12-24-3;/h4-11H,12-13H2,1-3H3,(H3,21,22,23);1H. The molecule has 0 spiro atoms. The highest BCUT2D eigenvalue weighted by atomic mass is 127. The molecule has 3 N–H and O–H groups in total. The average molecular weight is 457 g/mol. The smallest absolute Gasteiger partial charge is 0.193 e. The number of guanidine groups is 1. The van der Waals surface area contributed by atoms with Crippen molar-refractivity contribution in [2.75, 3.05) is 19.0 Å². The Morgan fingerprint density at radius 2 is 1.92 bits per heavy atom. The number of nitrogens with two attached hydrogens (primary N) is 1. The van der Waals surface area contributed by atoms with E-state index in [4.69, 9.17) is 10.5 Å². The molecule has 0 aliphatic carbocycles. The first kappa shape index (κ1) is 21.4. The van der Waals surface area contributed by atoms with Gasteiger partial charge in [0.15, 0.2) is 5.96 Å². The number of methoxy groups -OCH3 is 1. The van der Waals surface area contributed by atoms with E-state index in [1.54, 1.807) is 13.2 Å². The SMILES string of the molecule is COCc1ccccc1NC(N)=NCC(C)(C)c1cccc(F)c1.I. The number of benzene rings is 2. The van der Waals surface area contributed by atoms with E-state index in [9.17, 15) is 4.39 Å². The number of para-hydroxylation sites is 1. The number of nitrogens with one attached hydrogen (secondary N) is 1. The molecule has 2 rings (SSSR count). The number of hydrogen-bond donors (Lipinski definition) is 2. The molecule has 0 radical (unpaired) electrons. The van der Waals surface area contributed by atoms with Crippen LogP contribution < -0.4 is 11.1 Å². The third kappa shape index (κ3) is 6.28. The Kier molecular flexibility index (Phi) is 8.31. The van der Waals surface area contributed by atoms with Crippen molar-refractivity contribution in [3.05, 3.63) is 65.5 Å². The highest BCUT2D eigenvalue weighted by Crippen LogP contribution is 2.24. The van der Waals surface area contributed by atoms with Crippen LogP contribution >= 0.6 is 24.0 Å². The van der Waals surface area contributed by atoms with Gasteiger partial charge in [0.05, 0.1) is 13.2 Å². The maximum absolute atomic E-state index is 13.4. The molecule has 0 bridgehead atoms. The molecule has 0 saturated heterocycles. The van der Waals surface area contributed by atoms with Crippen LogP contribution in [0.3, 0.4) is 0 Å². The maximum Gasteiger partial charge on any atom is 0.193 e. The molecule has 0 aromatic heterocycles. The highest BCUT2D eigenvalue weighted by Gasteiger charge is 2.20. The lowest BCUT2D eigenvalue weighted by Crippen LogP contribution is -2.28. The second kappa shape index (κ2) is 9.72. The van der Waals surface area contributed by atoms with Crippen molar-refractivity contribution in [1.29, 1.82) is 0 Å². The summed E-state index contributed by atoms with van der Waals surface area (Å²) in [7, 11) is 1.65. The summed E-state index contributed by atoms with van der Waals surface area (Å²) in [5.41, 5.74) is 8.45. The molecule has 0 atom stereocenters. The van der Waals surface area contributed by atoms with Gasteiger partial charge in [0, 0.05) is 23.8 Å². The fourth-order valence-corrected chi connectivity index (χ4v) is 2.38. The summed E-state index contributed by atoms with van der Waals surface area (Å²) in [5, 5.41) is 3.10. The first-order valence-corrected chi connectivity index (χ1v) is 7.82. The van der Waals surface area contributed by atoms with Gasteiger partial charge in [-0.25, -0.2) is 4.39 Å². The fourth-order valence-electron chi connectivity index (χ4n) is 2.38. The topological polar surface area (TPSA) is 59.6 Å². The quantitative estimate of drug-likeness (QED) is 0.387. The van der Waals surface area contributed by atoms with E-state index in [1.165, 1.54) is 12.1 Å². The first-order valence-electron chi connectivity index (χ1n) is 7.82. The van der Waals surface area contributed by atoms with Crippen LogP contribution in [-0.2, 0) is 16.8 Å². The van der Waals surface area contributed by atoms with E-state index in [2.05, 4.69) is 10.3 Å². The molecule has 0 saturated carbocycles. The summed E-state index contributed by atoms with van der Waals surface area (Å²) in [5.74, 6) is 0.0761. The van der Waals surface area contributed by atoms with Gasteiger partial charge in [0.1, 0.15) is 5.82 Å². The van der Waals surface area contributed by atoms with Crippen LogP contribution in [0.4, 0.5) is 10.1 Å². The van der Waals surface area contributed by atoms with Gasteiger partial charge in [-0.2, -0.15) is 0 Å². The lowest BCUT2D eigenvalue weighted by Gasteiger charge is -2.23. The number of rotatable bonds is 6. The van der Waals surface area contributed by atoms with E-state index in [0.29, 0.717) is 19.1 Å². The largest absolute Gasteiger partial charge is 0.380 e. The van der Waals surface area contributed by atoms with Crippen LogP contribution in [0, 0.1) is 5.82 Å². The minimum Gasteiger partial charge on any atom is -0.380 e. The second-order valence-corrected chi connectivity index (χ2v) is 6.31. The Morgan fingerprint density at radius 1 is 1.20 bits per heavy atom. The van der Waals surface area contributed by atoms with Gasteiger partial charge in [-0.15, -0.1) is 24.0 Å². The molecule has 6 heteroatoms. The van der Waals surface area contributed by atoms with E-state index in [-0.39, 0.29) is 35.2 Å². The second-order valence-electron chi connectivity index (χ2n) is 6.31. The maximum atomic E-state index is 13.4. The van der Waals surface area contributed by atoms with E-state index >= 15 is 0 Å². The lowest BCUT2D eigenvalue weighted by molar-refractivity contribution is 0.185. The van der Waals surface area contributed by atoms with Crippen LogP contribution in [0.2, 0.25) is 0 Å². The van der Waals surface area contributed by atoms with Crippen molar-refractivity contribution in [2.24, 2.45) is 10.7 Å². The molecule has 0 aliphatic rings. The van der Waals surface area contributed by atoms with Gasteiger partial charge in [-0.3, -0.25) is 4.99 Å². The summed E-state index contributed by atoms with van der Waals surface area (Å²) >= 11 is 0. The van der Waals surface area contributed by atoms with Gasteiger partial charge in [-0.1, -0.05) is 44.2 Å². The Morgan fingerprint density at radius 3 is 2.60 bits per heavy atom. The molecule has 4 nitrogen and oxygen atoms in total. The third-order valence-electron chi connectivity index (χ3n) is 3.83. The number of aliphatic imine (C=N–C) groups is 1. The molecule has 0 amide bonds. The molecular formula is C19H25FIN3O. The Hall–Kier alpha value is -1.67. The Labute approximate surface area is 165 Å². The zero-order valence-electron chi connectivity index (χ0n) is 14.8. The van der Waals surface area contributed by atoms with Crippen molar-refractivity contribution in [3.63, 3.8) is 0 Å². The summed E-state index contributed by atoms with van der Waals surface area (Å²) in [6.45, 7) is 4.96.